The monoisotopic (exact) mass is 246 g/mol. The van der Waals surface area contributed by atoms with E-state index in [-0.39, 0.29) is 17.5 Å². The average Bonchev–Trinajstić information content (AvgIpc) is 2.40. The molecule has 0 saturated heterocycles. The van der Waals surface area contributed by atoms with Crippen molar-refractivity contribution >= 4 is 5.91 Å². The second-order valence-corrected chi connectivity index (χ2v) is 4.34. The third-order valence-corrected chi connectivity index (χ3v) is 2.93. The van der Waals surface area contributed by atoms with Crippen LogP contribution >= 0.6 is 0 Å². The SMILES string of the molecule is N#CCCN/C=C(/C#N)C(=O)NC1CCCCC1. The van der Waals surface area contributed by atoms with Gasteiger partial charge in [-0.05, 0) is 12.8 Å². The maximum atomic E-state index is 11.8. The van der Waals surface area contributed by atoms with Gasteiger partial charge in [0.1, 0.15) is 11.6 Å². The largest absolute Gasteiger partial charge is 0.389 e. The Balaban J connectivity index is 2.41. The van der Waals surface area contributed by atoms with Gasteiger partial charge in [0.15, 0.2) is 0 Å². The summed E-state index contributed by atoms with van der Waals surface area (Å²) < 4.78 is 0. The van der Waals surface area contributed by atoms with Gasteiger partial charge in [0.05, 0.1) is 12.5 Å². The molecule has 0 bridgehead atoms. The molecule has 1 amide bonds. The molecule has 0 aromatic rings. The maximum Gasteiger partial charge on any atom is 0.263 e. The minimum Gasteiger partial charge on any atom is -0.389 e. The first-order valence-electron chi connectivity index (χ1n) is 6.29. The first kappa shape index (κ1) is 14.1. The van der Waals surface area contributed by atoms with Crippen LogP contribution in [-0.2, 0) is 4.79 Å². The summed E-state index contributed by atoms with van der Waals surface area (Å²) in [5.41, 5.74) is 0.0681. The first-order valence-corrected chi connectivity index (χ1v) is 6.29. The number of nitriles is 2. The summed E-state index contributed by atoms with van der Waals surface area (Å²) in [4.78, 5) is 11.8. The molecule has 18 heavy (non-hydrogen) atoms. The van der Waals surface area contributed by atoms with E-state index >= 15 is 0 Å². The van der Waals surface area contributed by atoms with Gasteiger partial charge >= 0.3 is 0 Å². The molecule has 0 radical (unpaired) electrons. The number of nitrogens with zero attached hydrogens (tertiary/aromatic N) is 2. The minimum absolute atomic E-state index is 0.0681. The zero-order valence-corrected chi connectivity index (χ0v) is 10.4. The molecular formula is C13H18N4O. The Labute approximate surface area is 107 Å². The Morgan fingerprint density at radius 1 is 1.28 bits per heavy atom. The van der Waals surface area contributed by atoms with E-state index in [1.54, 1.807) is 0 Å². The van der Waals surface area contributed by atoms with E-state index < -0.39 is 0 Å². The van der Waals surface area contributed by atoms with E-state index in [2.05, 4.69) is 10.6 Å². The first-order chi connectivity index (χ1) is 8.77. The van der Waals surface area contributed by atoms with Crippen LogP contribution in [0.1, 0.15) is 38.5 Å². The molecule has 1 rings (SSSR count). The summed E-state index contributed by atoms with van der Waals surface area (Å²) in [7, 11) is 0. The van der Waals surface area contributed by atoms with Gasteiger partial charge < -0.3 is 10.6 Å². The van der Waals surface area contributed by atoms with Crippen LogP contribution in [0.15, 0.2) is 11.8 Å². The lowest BCUT2D eigenvalue weighted by Gasteiger charge is -2.22. The summed E-state index contributed by atoms with van der Waals surface area (Å²) in [6, 6.07) is 4.05. The standard InChI is InChI=1S/C13H18N4O/c14-7-4-8-16-10-11(9-15)13(18)17-12-5-2-1-3-6-12/h10,12,16H,1-6,8H2,(H,17,18)/b11-10-. The number of carbonyl (C=O) groups excluding carboxylic acids is 1. The highest BCUT2D eigenvalue weighted by Crippen LogP contribution is 2.17. The van der Waals surface area contributed by atoms with Crippen LogP contribution in [0, 0.1) is 22.7 Å². The average molecular weight is 246 g/mol. The summed E-state index contributed by atoms with van der Waals surface area (Å²) in [6.07, 6.45) is 7.21. The van der Waals surface area contributed by atoms with Gasteiger partial charge in [-0.3, -0.25) is 4.79 Å². The summed E-state index contributed by atoms with van der Waals surface area (Å²) >= 11 is 0. The molecule has 1 aliphatic carbocycles. The third-order valence-electron chi connectivity index (χ3n) is 2.93. The molecule has 5 heteroatoms. The lowest BCUT2D eigenvalue weighted by atomic mass is 9.95. The van der Waals surface area contributed by atoms with Crippen LogP contribution in [0.5, 0.6) is 0 Å². The zero-order valence-electron chi connectivity index (χ0n) is 10.4. The molecule has 2 N–H and O–H groups in total. The number of nitrogens with one attached hydrogen (secondary N) is 2. The fourth-order valence-corrected chi connectivity index (χ4v) is 1.96. The number of hydrogen-bond acceptors (Lipinski definition) is 4. The number of amides is 1. The second-order valence-electron chi connectivity index (χ2n) is 4.34. The van der Waals surface area contributed by atoms with Crippen molar-refractivity contribution in [3.63, 3.8) is 0 Å². The molecule has 0 aliphatic heterocycles. The molecule has 0 aromatic heterocycles. The lowest BCUT2D eigenvalue weighted by Crippen LogP contribution is -2.37. The van der Waals surface area contributed by atoms with Crippen LogP contribution in [-0.4, -0.2) is 18.5 Å². The van der Waals surface area contributed by atoms with Gasteiger partial charge in [-0.15, -0.1) is 0 Å². The Morgan fingerprint density at radius 2 is 2.00 bits per heavy atom. The highest BCUT2D eigenvalue weighted by Gasteiger charge is 2.17. The van der Waals surface area contributed by atoms with Gasteiger partial charge in [0.2, 0.25) is 0 Å². The number of hydrogen-bond donors (Lipinski definition) is 2. The minimum atomic E-state index is -0.325. The third kappa shape index (κ3) is 4.88. The van der Waals surface area contributed by atoms with Gasteiger partial charge in [-0.25, -0.2) is 0 Å². The van der Waals surface area contributed by atoms with Crippen LogP contribution in [0.3, 0.4) is 0 Å². The summed E-state index contributed by atoms with van der Waals surface area (Å²) in [5.74, 6) is -0.325. The Bertz CT molecular complexity index is 383. The van der Waals surface area contributed by atoms with E-state index in [1.807, 2.05) is 12.1 Å². The molecule has 5 nitrogen and oxygen atoms in total. The topological polar surface area (TPSA) is 88.7 Å². The van der Waals surface area contributed by atoms with E-state index in [1.165, 1.54) is 12.6 Å². The van der Waals surface area contributed by atoms with Crippen molar-refractivity contribution in [3.8, 4) is 12.1 Å². The van der Waals surface area contributed by atoms with E-state index in [0.29, 0.717) is 13.0 Å². The number of carbonyl (C=O) groups is 1. The van der Waals surface area contributed by atoms with Gasteiger partial charge in [0.25, 0.3) is 5.91 Å². The Hall–Kier alpha value is -2.01. The van der Waals surface area contributed by atoms with Crippen LogP contribution in [0.2, 0.25) is 0 Å². The van der Waals surface area contributed by atoms with E-state index in [9.17, 15) is 4.79 Å². The molecule has 0 unspecified atom stereocenters. The normalized spacial score (nSPS) is 16.4. The van der Waals surface area contributed by atoms with E-state index in [0.717, 1.165) is 25.7 Å². The molecule has 0 atom stereocenters. The Morgan fingerprint density at radius 3 is 2.61 bits per heavy atom. The summed E-state index contributed by atoms with van der Waals surface area (Å²) in [5, 5.41) is 22.9. The van der Waals surface area contributed by atoms with E-state index in [4.69, 9.17) is 10.5 Å². The number of rotatable bonds is 5. The fourth-order valence-electron chi connectivity index (χ4n) is 1.96. The summed E-state index contributed by atoms with van der Waals surface area (Å²) in [6.45, 7) is 0.443. The van der Waals surface area contributed by atoms with Gasteiger partial charge in [-0.2, -0.15) is 10.5 Å². The van der Waals surface area contributed by atoms with Crippen molar-refractivity contribution in [2.45, 2.75) is 44.6 Å². The molecule has 0 heterocycles. The molecule has 0 aromatic carbocycles. The Kier molecular flexibility index (Phi) is 6.35. The lowest BCUT2D eigenvalue weighted by molar-refractivity contribution is -0.118. The second kappa shape index (κ2) is 8.14. The molecule has 1 saturated carbocycles. The van der Waals surface area contributed by atoms with Crippen molar-refractivity contribution < 1.29 is 4.79 Å². The van der Waals surface area contributed by atoms with Crippen LogP contribution in [0.4, 0.5) is 0 Å². The predicted octanol–water partition coefficient (Wildman–Crippen LogP) is 1.35. The highest BCUT2D eigenvalue weighted by atomic mass is 16.1. The zero-order chi connectivity index (χ0) is 13.2. The predicted molar refractivity (Wildman–Crippen MR) is 66.9 cm³/mol. The van der Waals surface area contributed by atoms with Crippen molar-refractivity contribution in [1.82, 2.24) is 10.6 Å². The molecule has 96 valence electrons. The van der Waals surface area contributed by atoms with Crippen molar-refractivity contribution in [3.05, 3.63) is 11.8 Å². The molecule has 1 fully saturated rings. The van der Waals surface area contributed by atoms with Gasteiger partial charge in [-0.1, -0.05) is 19.3 Å². The fraction of sp³-hybridized carbons (Fsp3) is 0.615. The van der Waals surface area contributed by atoms with Crippen LogP contribution in [0.25, 0.3) is 0 Å². The van der Waals surface area contributed by atoms with Crippen molar-refractivity contribution in [2.75, 3.05) is 6.54 Å². The molecular weight excluding hydrogens is 228 g/mol. The molecule has 0 spiro atoms. The molecule has 1 aliphatic rings. The van der Waals surface area contributed by atoms with Gasteiger partial charge in [0, 0.05) is 18.8 Å². The highest BCUT2D eigenvalue weighted by molar-refractivity contribution is 5.97. The smallest absolute Gasteiger partial charge is 0.263 e. The maximum absolute atomic E-state index is 11.8. The quantitative estimate of drug-likeness (QED) is 0.435. The van der Waals surface area contributed by atoms with Crippen molar-refractivity contribution in [2.24, 2.45) is 0 Å². The van der Waals surface area contributed by atoms with Crippen LogP contribution < -0.4 is 10.6 Å². The van der Waals surface area contributed by atoms with Crippen molar-refractivity contribution in [1.29, 1.82) is 10.5 Å².